The normalized spacial score (nSPS) is 12.5. The van der Waals surface area contributed by atoms with E-state index >= 15 is 0 Å². The monoisotopic (exact) mass is 663 g/mol. The van der Waals surface area contributed by atoms with E-state index in [4.69, 9.17) is 0 Å². The summed E-state index contributed by atoms with van der Waals surface area (Å²) in [6.45, 7) is 6.92. The van der Waals surface area contributed by atoms with Gasteiger partial charge in [-0.3, -0.25) is 0 Å². The van der Waals surface area contributed by atoms with Crippen molar-refractivity contribution in [1.82, 2.24) is 0 Å². The van der Waals surface area contributed by atoms with Gasteiger partial charge in [-0.2, -0.15) is 0 Å². The molecule has 4 rings (SSSR count). The zero-order valence-corrected chi connectivity index (χ0v) is 27.6. The second kappa shape index (κ2) is 15.2. The molecule has 0 radical (unpaired) electrons. The molecule has 0 N–H and O–H groups in total. The summed E-state index contributed by atoms with van der Waals surface area (Å²) in [5.74, 6) is 0. The molecule has 212 valence electrons. The van der Waals surface area contributed by atoms with Crippen molar-refractivity contribution in [3.8, 4) is 0 Å². The van der Waals surface area contributed by atoms with Gasteiger partial charge in [0.2, 0.25) is 0 Å². The Bertz CT molecular complexity index is 1150. The molecule has 0 aliphatic rings. The molecule has 0 saturated carbocycles. The fourth-order valence-corrected chi connectivity index (χ4v) is 14.7. The first-order valence-electron chi connectivity index (χ1n) is 15.3. The van der Waals surface area contributed by atoms with Crippen LogP contribution in [0.4, 0.5) is 5.69 Å². The van der Waals surface area contributed by atoms with Gasteiger partial charge in [0, 0.05) is 0 Å². The van der Waals surface area contributed by atoms with Gasteiger partial charge in [0.1, 0.15) is 0 Å². The maximum atomic E-state index is 2.90. The topological polar surface area (TPSA) is 3.24 Å². The summed E-state index contributed by atoms with van der Waals surface area (Å²) in [6, 6.07) is 43.4. The van der Waals surface area contributed by atoms with Gasteiger partial charge in [-0.25, -0.2) is 0 Å². The predicted molar refractivity (Wildman–Crippen MR) is 190 cm³/mol. The van der Waals surface area contributed by atoms with Crippen molar-refractivity contribution in [2.75, 3.05) is 18.0 Å². The van der Waals surface area contributed by atoms with Crippen LogP contribution in [0.2, 0.25) is 0 Å². The molecule has 1 nitrogen and oxygen atoms in total. The molecule has 0 aliphatic carbocycles. The van der Waals surface area contributed by atoms with Crippen molar-refractivity contribution < 1.29 is 0 Å². The summed E-state index contributed by atoms with van der Waals surface area (Å²) in [7, 11) is 0. The Morgan fingerprint density at radius 1 is 0.500 bits per heavy atom. The molecule has 40 heavy (non-hydrogen) atoms. The van der Waals surface area contributed by atoms with E-state index in [2.05, 4.69) is 156 Å². The molecule has 0 fully saturated rings. The van der Waals surface area contributed by atoms with Gasteiger partial charge in [-0.1, -0.05) is 0 Å². The third-order valence-electron chi connectivity index (χ3n) is 8.23. The van der Waals surface area contributed by atoms with Gasteiger partial charge < -0.3 is 0 Å². The van der Waals surface area contributed by atoms with Crippen molar-refractivity contribution in [3.05, 3.63) is 121 Å². The van der Waals surface area contributed by atoms with Gasteiger partial charge >= 0.3 is 258 Å². The summed E-state index contributed by atoms with van der Waals surface area (Å²) in [4.78, 5) is 2.64. The quantitative estimate of drug-likeness (QED) is 0.0656. The molecule has 0 aromatic heterocycles. The maximum absolute atomic E-state index is 2.90. The Balaban J connectivity index is 1.71. The predicted octanol–water partition coefficient (Wildman–Crippen LogP) is 10.0. The Labute approximate surface area is 256 Å². The molecule has 0 heterocycles. The zero-order chi connectivity index (χ0) is 28.1. The molecule has 4 aromatic carbocycles. The average Bonchev–Trinajstić information content (AvgIpc) is 3.02. The molecule has 0 atom stereocenters. The average molecular weight is 664 g/mol. The molecule has 0 aliphatic heterocycles. The van der Waals surface area contributed by atoms with E-state index in [1.807, 2.05) is 0 Å². The molecule has 4 aromatic rings. The van der Waals surface area contributed by atoms with E-state index < -0.39 is 4.25 Å². The van der Waals surface area contributed by atoms with Crippen LogP contribution >= 0.6 is 26.3 Å². The Morgan fingerprint density at radius 3 is 1.27 bits per heavy atom. The van der Waals surface area contributed by atoms with Crippen LogP contribution in [0.15, 0.2) is 115 Å². The van der Waals surface area contributed by atoms with Crippen LogP contribution in [0.3, 0.4) is 0 Å². The summed E-state index contributed by atoms with van der Waals surface area (Å²) in [5.41, 5.74) is 2.79. The van der Waals surface area contributed by atoms with Crippen LogP contribution in [0.1, 0.15) is 70.8 Å². The van der Waals surface area contributed by atoms with E-state index in [1.54, 1.807) is 0 Å². The summed E-state index contributed by atoms with van der Waals surface area (Å²) in [5, 5.41) is 4.30. The van der Waals surface area contributed by atoms with E-state index in [1.165, 1.54) is 78.5 Å². The molecule has 3 heteroatoms. The summed E-state index contributed by atoms with van der Waals surface area (Å²) >= 11 is 2.90. The number of nitrogens with zero attached hydrogens (tertiary/aromatic N) is 1. The molecule has 0 saturated heterocycles. The third kappa shape index (κ3) is 7.18. The van der Waals surface area contributed by atoms with Crippen molar-refractivity contribution in [1.29, 1.82) is 0 Å². The first kappa shape index (κ1) is 30.8. The van der Waals surface area contributed by atoms with E-state index in [0.717, 1.165) is 19.3 Å². The fraction of sp³-hybridized carbons (Fsp3) is 0.351. The Morgan fingerprint density at radius 2 is 0.900 bits per heavy atom. The summed E-state index contributed by atoms with van der Waals surface area (Å²) in [6.07, 6.45) is 11.5. The minimum atomic E-state index is -2.83. The van der Waals surface area contributed by atoms with Gasteiger partial charge in [0.25, 0.3) is 0 Å². The van der Waals surface area contributed by atoms with Gasteiger partial charge in [-0.15, -0.1) is 0 Å². The summed E-state index contributed by atoms with van der Waals surface area (Å²) < 4.78 is -2.83. The number of benzene rings is 4. The van der Waals surface area contributed by atoms with E-state index in [9.17, 15) is 0 Å². The minimum absolute atomic E-state index is 0.997. The van der Waals surface area contributed by atoms with Crippen molar-refractivity contribution >= 4 is 47.9 Å². The SMILES string of the molecule is CCCCCCN(CCCCCC)c1ccc(CP(I)(c2ccccc2)(c2ccccc2)c2ccccc2)cc1. The van der Waals surface area contributed by atoms with Crippen molar-refractivity contribution in [3.63, 3.8) is 0 Å². The zero-order valence-electron chi connectivity index (χ0n) is 24.5. The van der Waals surface area contributed by atoms with Gasteiger partial charge in [0.15, 0.2) is 0 Å². The molecular weight excluding hydrogens is 616 g/mol. The molecule has 0 unspecified atom stereocenters. The number of halogens is 1. The van der Waals surface area contributed by atoms with Crippen molar-refractivity contribution in [2.24, 2.45) is 0 Å². The van der Waals surface area contributed by atoms with E-state index in [-0.39, 0.29) is 0 Å². The number of rotatable bonds is 16. The number of hydrogen-bond acceptors (Lipinski definition) is 1. The molecule has 0 spiro atoms. The van der Waals surface area contributed by atoms with Crippen LogP contribution in [0.25, 0.3) is 0 Å². The standard InChI is InChI=1S/C37H47INP/c1-3-5-7-18-30-39(31-19-8-6-4-2)34-28-26-33(27-29-34)32-40(38,35-20-12-9-13-21-35,36-22-14-10-15-23-36)37-24-16-11-17-25-37/h9-17,20-29H,3-8,18-19,30-32H2,1-2H3. The molecule has 0 bridgehead atoms. The number of hydrogen-bond donors (Lipinski definition) is 0. The third-order valence-corrected chi connectivity index (χ3v) is 19.3. The Hall–Kier alpha value is -2.16. The van der Waals surface area contributed by atoms with Crippen LogP contribution < -0.4 is 20.8 Å². The Kier molecular flexibility index (Phi) is 11.7. The molecular formula is C37H47INP. The van der Waals surface area contributed by atoms with Crippen molar-refractivity contribution in [2.45, 2.75) is 71.4 Å². The second-order valence-corrected chi connectivity index (χ2v) is 21.7. The molecule has 0 amide bonds. The van der Waals surface area contributed by atoms with Crippen LogP contribution in [0, 0.1) is 0 Å². The van der Waals surface area contributed by atoms with Gasteiger partial charge in [0.05, 0.1) is 0 Å². The fourth-order valence-electron chi connectivity index (χ4n) is 5.92. The first-order chi connectivity index (χ1) is 19.6. The number of anilines is 1. The number of unbranched alkanes of at least 4 members (excludes halogenated alkanes) is 6. The van der Waals surface area contributed by atoms with E-state index in [0.29, 0.717) is 0 Å². The van der Waals surface area contributed by atoms with Gasteiger partial charge in [-0.05, 0) is 0 Å². The van der Waals surface area contributed by atoms with Crippen LogP contribution in [-0.4, -0.2) is 13.1 Å². The second-order valence-electron chi connectivity index (χ2n) is 11.1. The van der Waals surface area contributed by atoms with Crippen LogP contribution in [0.5, 0.6) is 0 Å². The van der Waals surface area contributed by atoms with Crippen LogP contribution in [-0.2, 0) is 6.16 Å². The first-order valence-corrected chi connectivity index (χ1v) is 20.5.